The molecule has 43 heavy (non-hydrogen) atoms. The van der Waals surface area contributed by atoms with E-state index in [0.29, 0.717) is 40.9 Å². The van der Waals surface area contributed by atoms with Crippen molar-refractivity contribution >= 4 is 18.5 Å². The van der Waals surface area contributed by atoms with Gasteiger partial charge in [-0.2, -0.15) is 18.3 Å². The van der Waals surface area contributed by atoms with E-state index in [1.54, 1.807) is 48.0 Å². The van der Waals surface area contributed by atoms with E-state index in [1.807, 2.05) is 55.5 Å². The summed E-state index contributed by atoms with van der Waals surface area (Å²) in [7, 11) is -3.75. The highest BCUT2D eigenvalue weighted by Gasteiger charge is 2.34. The number of alkyl halides is 3. The topological polar surface area (TPSA) is 73.6 Å². The van der Waals surface area contributed by atoms with Crippen molar-refractivity contribution in [2.24, 2.45) is 0 Å². The summed E-state index contributed by atoms with van der Waals surface area (Å²) >= 11 is 0. The van der Waals surface area contributed by atoms with Crippen molar-refractivity contribution < 1.29 is 31.9 Å². The molecule has 1 N–H and O–H groups in total. The van der Waals surface area contributed by atoms with Gasteiger partial charge in [-0.25, -0.2) is 0 Å². The highest BCUT2D eigenvalue weighted by atomic mass is 31.2. The number of benzene rings is 4. The van der Waals surface area contributed by atoms with Crippen LogP contribution < -0.4 is 4.74 Å². The molecule has 5 rings (SSSR count). The van der Waals surface area contributed by atoms with Crippen LogP contribution in [0.1, 0.15) is 42.5 Å². The first-order valence-corrected chi connectivity index (χ1v) is 15.7. The molecule has 1 aromatic heterocycles. The molecule has 6 nitrogen and oxygen atoms in total. The molecule has 2 unspecified atom stereocenters. The number of ether oxygens (including phenoxy) is 1. The first kappa shape index (κ1) is 30.5. The number of hydrogen-bond donors (Lipinski definition) is 1. The lowest BCUT2D eigenvalue weighted by Gasteiger charge is -2.17. The van der Waals surface area contributed by atoms with Crippen molar-refractivity contribution in [2.45, 2.75) is 51.9 Å². The summed E-state index contributed by atoms with van der Waals surface area (Å²) in [6, 6.07) is 27.9. The monoisotopic (exact) mass is 608 g/mol. The van der Waals surface area contributed by atoms with Crippen molar-refractivity contribution in [3.8, 4) is 17.0 Å². The van der Waals surface area contributed by atoms with E-state index in [4.69, 9.17) is 9.26 Å². The number of aromatic nitrogens is 2. The maximum absolute atomic E-state index is 13.9. The molecule has 10 heteroatoms. The van der Waals surface area contributed by atoms with Crippen LogP contribution in [0, 0.1) is 0 Å². The van der Waals surface area contributed by atoms with E-state index < -0.39 is 19.3 Å². The van der Waals surface area contributed by atoms with Gasteiger partial charge in [0.15, 0.2) is 0 Å². The maximum Gasteiger partial charge on any atom is 0.418 e. The van der Waals surface area contributed by atoms with Crippen LogP contribution in [0.3, 0.4) is 0 Å². The molecule has 0 bridgehead atoms. The summed E-state index contributed by atoms with van der Waals surface area (Å²) < 4.78 is 67.0. The Hall–Kier alpha value is -3.91. The quantitative estimate of drug-likeness (QED) is 0.152. The molecule has 0 saturated heterocycles. The van der Waals surface area contributed by atoms with Crippen LogP contribution in [-0.2, 0) is 34.6 Å². The predicted molar refractivity (Wildman–Crippen MR) is 161 cm³/mol. The minimum atomic E-state index is -4.54. The summed E-state index contributed by atoms with van der Waals surface area (Å²) in [5.74, 6) is 0.538. The zero-order chi connectivity index (χ0) is 30.6. The van der Waals surface area contributed by atoms with E-state index in [9.17, 15) is 22.6 Å². The Balaban J connectivity index is 1.39. The van der Waals surface area contributed by atoms with E-state index in [0.717, 1.165) is 17.2 Å². The molecule has 0 aliphatic heterocycles. The fourth-order valence-electron chi connectivity index (χ4n) is 4.82. The van der Waals surface area contributed by atoms with Crippen molar-refractivity contribution in [1.29, 1.82) is 0 Å². The molecule has 224 valence electrons. The third-order valence-electron chi connectivity index (χ3n) is 7.09. The van der Waals surface area contributed by atoms with Gasteiger partial charge in [0.05, 0.1) is 30.1 Å². The Morgan fingerprint density at radius 2 is 1.60 bits per heavy atom. The molecule has 2 atom stereocenters. The van der Waals surface area contributed by atoms with Gasteiger partial charge in [0.1, 0.15) is 17.9 Å². The minimum absolute atomic E-state index is 0.0821. The molecule has 4 aromatic carbocycles. The Labute approximate surface area is 248 Å². The summed E-state index contributed by atoms with van der Waals surface area (Å²) in [6.07, 6.45) is -4.29. The van der Waals surface area contributed by atoms with E-state index in [2.05, 4.69) is 5.10 Å². The van der Waals surface area contributed by atoms with Gasteiger partial charge in [0, 0.05) is 10.9 Å². The highest BCUT2D eigenvalue weighted by molar-refractivity contribution is 7.52. The standard InChI is InChI=1S/C33H32F3N2O4P/c1-3-23(2)42-43(39,40)22-26-17-15-25(16-18-26)21-41-28-12-7-11-27(19-28)32-29-13-8-14-30(33(34,35)36)31(29)37-38(32)20-24-9-5-4-6-10-24/h4-19,23H,3,20-22H2,1-2H3,(H,39,40). The van der Waals surface area contributed by atoms with Crippen LogP contribution in [-0.4, -0.2) is 20.8 Å². The van der Waals surface area contributed by atoms with Gasteiger partial charge in [-0.15, -0.1) is 0 Å². The van der Waals surface area contributed by atoms with Crippen LogP contribution in [0.25, 0.3) is 22.2 Å². The Bertz CT molecular complexity index is 1740. The van der Waals surface area contributed by atoms with Crippen molar-refractivity contribution in [3.05, 3.63) is 119 Å². The van der Waals surface area contributed by atoms with Crippen LogP contribution in [0.5, 0.6) is 5.75 Å². The van der Waals surface area contributed by atoms with E-state index in [-0.39, 0.29) is 24.4 Å². The second-order valence-electron chi connectivity index (χ2n) is 10.4. The highest BCUT2D eigenvalue weighted by Crippen LogP contribution is 2.47. The molecule has 0 aliphatic carbocycles. The molecule has 0 amide bonds. The lowest BCUT2D eigenvalue weighted by molar-refractivity contribution is -0.136. The maximum atomic E-state index is 13.9. The number of hydrogen-bond acceptors (Lipinski definition) is 4. The molecular formula is C33H32F3N2O4P. The van der Waals surface area contributed by atoms with Gasteiger partial charge >= 0.3 is 13.8 Å². The second kappa shape index (κ2) is 12.8. The van der Waals surface area contributed by atoms with Crippen molar-refractivity contribution in [3.63, 3.8) is 0 Å². The van der Waals surface area contributed by atoms with Crippen LogP contribution >= 0.6 is 7.60 Å². The van der Waals surface area contributed by atoms with Gasteiger partial charge in [0.25, 0.3) is 0 Å². The Morgan fingerprint density at radius 1 is 0.907 bits per heavy atom. The first-order valence-electron chi connectivity index (χ1n) is 13.9. The average molecular weight is 609 g/mol. The average Bonchev–Trinajstić information content (AvgIpc) is 3.34. The molecule has 0 radical (unpaired) electrons. The summed E-state index contributed by atoms with van der Waals surface area (Å²) in [6.45, 7) is 4.17. The third-order valence-corrected chi connectivity index (χ3v) is 8.54. The minimum Gasteiger partial charge on any atom is -0.489 e. The van der Waals surface area contributed by atoms with Gasteiger partial charge in [-0.1, -0.05) is 85.8 Å². The van der Waals surface area contributed by atoms with Crippen LogP contribution in [0.2, 0.25) is 0 Å². The predicted octanol–water partition coefficient (Wildman–Crippen LogP) is 8.85. The SMILES string of the molecule is CCC(C)OP(=O)(O)Cc1ccc(COc2cccc(-c3c4cccc(C(F)(F)F)c4nn3Cc3ccccc3)c2)cc1. The van der Waals surface area contributed by atoms with Gasteiger partial charge in [-0.05, 0) is 48.2 Å². The number of rotatable bonds is 11. The lowest BCUT2D eigenvalue weighted by Crippen LogP contribution is -2.06. The molecule has 1 heterocycles. The normalized spacial score (nSPS) is 14.0. The number of fused-ring (bicyclic) bond motifs is 1. The molecule has 0 fully saturated rings. The summed E-state index contributed by atoms with van der Waals surface area (Å²) in [5.41, 5.74) is 2.78. The lowest BCUT2D eigenvalue weighted by atomic mass is 10.0. The molecule has 0 spiro atoms. The summed E-state index contributed by atoms with van der Waals surface area (Å²) in [4.78, 5) is 10.2. The fraction of sp³-hybridized carbons (Fsp3) is 0.242. The molecular weight excluding hydrogens is 576 g/mol. The Morgan fingerprint density at radius 3 is 2.30 bits per heavy atom. The number of halogens is 3. The van der Waals surface area contributed by atoms with Crippen LogP contribution in [0.15, 0.2) is 97.1 Å². The van der Waals surface area contributed by atoms with Crippen molar-refractivity contribution in [1.82, 2.24) is 9.78 Å². The van der Waals surface area contributed by atoms with Crippen molar-refractivity contribution in [2.75, 3.05) is 0 Å². The van der Waals surface area contributed by atoms with Gasteiger partial charge in [-0.3, -0.25) is 9.25 Å². The second-order valence-corrected chi connectivity index (χ2v) is 12.2. The molecule has 0 aliphatic rings. The summed E-state index contributed by atoms with van der Waals surface area (Å²) in [5, 5.41) is 4.84. The number of nitrogens with zero attached hydrogens (tertiary/aromatic N) is 2. The fourth-order valence-corrected chi connectivity index (χ4v) is 6.28. The largest absolute Gasteiger partial charge is 0.489 e. The third kappa shape index (κ3) is 7.54. The molecule has 5 aromatic rings. The van der Waals surface area contributed by atoms with Gasteiger partial charge < -0.3 is 14.2 Å². The molecule has 0 saturated carbocycles. The van der Waals surface area contributed by atoms with E-state index in [1.165, 1.54) is 6.07 Å². The van der Waals surface area contributed by atoms with Gasteiger partial charge in [0.2, 0.25) is 0 Å². The van der Waals surface area contributed by atoms with Crippen LogP contribution in [0.4, 0.5) is 13.2 Å². The zero-order valence-electron chi connectivity index (χ0n) is 23.8. The first-order chi connectivity index (χ1) is 20.5. The Kier molecular flexibility index (Phi) is 9.06. The smallest absolute Gasteiger partial charge is 0.418 e. The zero-order valence-corrected chi connectivity index (χ0v) is 24.7. The van der Waals surface area contributed by atoms with E-state index >= 15 is 0 Å².